The van der Waals surface area contributed by atoms with Gasteiger partial charge in [0.15, 0.2) is 0 Å². The topological polar surface area (TPSA) is 120 Å². The normalized spacial score (nSPS) is 15.6. The molecule has 35 heavy (non-hydrogen) atoms. The molecule has 0 aliphatic carbocycles. The largest absolute Gasteiger partial charge is 0.366 e. The number of rotatable bonds is 9. The van der Waals surface area contributed by atoms with E-state index in [1.165, 1.54) is 0 Å². The summed E-state index contributed by atoms with van der Waals surface area (Å²) in [6, 6.07) is 10.4. The predicted molar refractivity (Wildman–Crippen MR) is 141 cm³/mol. The molecular formula is C26H35N5O3S. The van der Waals surface area contributed by atoms with Crippen molar-refractivity contribution in [2.75, 3.05) is 32.9 Å². The SMILES string of the molecule is CCS(=O)(=O)N1CCC(c2c[nH]c3c(C(N)=O)cc(-c4cc(CNC)cc(CNC)c4)cc23)CC1. The number of hydrogen-bond acceptors (Lipinski definition) is 5. The minimum Gasteiger partial charge on any atom is -0.366 e. The van der Waals surface area contributed by atoms with Gasteiger partial charge in [0.25, 0.3) is 5.91 Å². The lowest BCUT2D eigenvalue weighted by Crippen LogP contribution is -2.38. The number of primary amides is 1. The predicted octanol–water partition coefficient (Wildman–Crippen LogP) is 2.90. The summed E-state index contributed by atoms with van der Waals surface area (Å²) in [4.78, 5) is 15.7. The molecule has 0 radical (unpaired) electrons. The van der Waals surface area contributed by atoms with Crippen LogP contribution in [0.2, 0.25) is 0 Å². The summed E-state index contributed by atoms with van der Waals surface area (Å²) in [7, 11) is 0.662. The average molecular weight is 498 g/mol. The number of sulfonamides is 1. The third-order valence-corrected chi connectivity index (χ3v) is 8.77. The molecule has 1 aliphatic rings. The van der Waals surface area contributed by atoms with Crippen molar-refractivity contribution in [3.05, 3.63) is 58.8 Å². The van der Waals surface area contributed by atoms with Crippen LogP contribution in [0.15, 0.2) is 36.5 Å². The molecule has 1 aliphatic heterocycles. The fourth-order valence-electron chi connectivity index (χ4n) is 5.12. The number of carbonyl (C=O) groups is 1. The number of nitrogens with one attached hydrogen (secondary N) is 3. The van der Waals surface area contributed by atoms with E-state index in [2.05, 4.69) is 39.9 Å². The molecule has 1 saturated heterocycles. The molecule has 1 amide bonds. The highest BCUT2D eigenvalue weighted by Gasteiger charge is 2.29. The number of H-pyrrole nitrogens is 1. The third kappa shape index (κ3) is 5.28. The van der Waals surface area contributed by atoms with Gasteiger partial charge in [0.2, 0.25) is 10.0 Å². The van der Waals surface area contributed by atoms with Crippen molar-refractivity contribution in [1.29, 1.82) is 0 Å². The Labute approximate surface area is 207 Å². The van der Waals surface area contributed by atoms with Crippen molar-refractivity contribution < 1.29 is 13.2 Å². The molecule has 188 valence electrons. The molecule has 9 heteroatoms. The van der Waals surface area contributed by atoms with Gasteiger partial charge in [0.1, 0.15) is 0 Å². The molecule has 2 aromatic carbocycles. The molecule has 1 fully saturated rings. The maximum Gasteiger partial charge on any atom is 0.250 e. The number of amides is 1. The fraction of sp³-hybridized carbons (Fsp3) is 0.423. The van der Waals surface area contributed by atoms with Gasteiger partial charge in [-0.3, -0.25) is 4.79 Å². The monoisotopic (exact) mass is 497 g/mol. The summed E-state index contributed by atoms with van der Waals surface area (Å²) in [5.41, 5.74) is 12.4. The lowest BCUT2D eigenvalue weighted by Gasteiger charge is -2.31. The molecule has 0 atom stereocenters. The highest BCUT2D eigenvalue weighted by Crippen LogP contribution is 2.37. The number of carbonyl (C=O) groups excluding carboxylic acids is 1. The zero-order chi connectivity index (χ0) is 25.2. The number of nitrogens with zero attached hydrogens (tertiary/aromatic N) is 1. The molecule has 0 spiro atoms. The van der Waals surface area contributed by atoms with Crippen molar-refractivity contribution in [1.82, 2.24) is 19.9 Å². The average Bonchev–Trinajstić information content (AvgIpc) is 3.27. The van der Waals surface area contributed by atoms with Crippen LogP contribution in [0.3, 0.4) is 0 Å². The van der Waals surface area contributed by atoms with Crippen LogP contribution in [0.4, 0.5) is 0 Å². The van der Waals surface area contributed by atoms with Crippen LogP contribution in [-0.4, -0.2) is 56.6 Å². The molecule has 3 aromatic rings. The van der Waals surface area contributed by atoms with Crippen molar-refractivity contribution in [3.8, 4) is 11.1 Å². The van der Waals surface area contributed by atoms with Gasteiger partial charge >= 0.3 is 0 Å². The van der Waals surface area contributed by atoms with Gasteiger partial charge in [0, 0.05) is 37.8 Å². The van der Waals surface area contributed by atoms with E-state index in [1.807, 2.05) is 26.4 Å². The lowest BCUT2D eigenvalue weighted by atomic mass is 9.88. The molecule has 4 rings (SSSR count). The first kappa shape index (κ1) is 25.4. The second kappa shape index (κ2) is 10.5. The van der Waals surface area contributed by atoms with E-state index in [0.29, 0.717) is 18.7 Å². The summed E-state index contributed by atoms with van der Waals surface area (Å²) in [6.07, 6.45) is 3.44. The highest BCUT2D eigenvalue weighted by molar-refractivity contribution is 7.89. The number of hydrogen-bond donors (Lipinski definition) is 4. The van der Waals surface area contributed by atoms with Crippen LogP contribution in [-0.2, 0) is 23.1 Å². The van der Waals surface area contributed by atoms with Crippen molar-refractivity contribution in [2.45, 2.75) is 38.8 Å². The molecule has 0 bridgehead atoms. The fourth-order valence-corrected chi connectivity index (χ4v) is 6.25. The van der Waals surface area contributed by atoms with Crippen molar-refractivity contribution in [3.63, 3.8) is 0 Å². The molecule has 0 unspecified atom stereocenters. The first-order valence-corrected chi connectivity index (χ1v) is 13.7. The summed E-state index contributed by atoms with van der Waals surface area (Å²) in [6.45, 7) is 4.18. The first-order chi connectivity index (χ1) is 16.8. The minimum absolute atomic E-state index is 0.123. The Balaban J connectivity index is 1.77. The Morgan fingerprint density at radius 3 is 2.17 bits per heavy atom. The van der Waals surface area contributed by atoms with Gasteiger partial charge in [-0.1, -0.05) is 6.07 Å². The zero-order valence-electron chi connectivity index (χ0n) is 20.6. The second-order valence-corrected chi connectivity index (χ2v) is 11.5. The standard InChI is InChI=1S/C26H35N5O3S/c1-4-35(33,34)31-7-5-19(6-8-31)24-16-30-25-22(24)12-21(13-23(25)26(27)32)20-10-17(14-28-2)9-18(11-20)15-29-3/h9-13,16,19,28-30H,4-8,14-15H2,1-3H3,(H2,27,32). The molecule has 8 nitrogen and oxygen atoms in total. The Morgan fingerprint density at radius 2 is 1.63 bits per heavy atom. The van der Waals surface area contributed by atoms with Gasteiger partial charge < -0.3 is 21.4 Å². The van der Waals surface area contributed by atoms with Gasteiger partial charge in [-0.15, -0.1) is 0 Å². The maximum atomic E-state index is 12.4. The Bertz CT molecular complexity index is 1300. The number of benzene rings is 2. The quantitative estimate of drug-likeness (QED) is 0.362. The summed E-state index contributed by atoms with van der Waals surface area (Å²) in [5, 5.41) is 7.40. The first-order valence-electron chi connectivity index (χ1n) is 12.1. The smallest absolute Gasteiger partial charge is 0.250 e. The lowest BCUT2D eigenvalue weighted by molar-refractivity contribution is 0.100. The van der Waals surface area contributed by atoms with E-state index in [-0.39, 0.29) is 11.7 Å². The summed E-state index contributed by atoms with van der Waals surface area (Å²) >= 11 is 0. The van der Waals surface area contributed by atoms with Crippen LogP contribution >= 0.6 is 0 Å². The molecule has 2 heterocycles. The molecule has 1 aromatic heterocycles. The van der Waals surface area contributed by atoms with Gasteiger partial charge in [-0.25, -0.2) is 12.7 Å². The van der Waals surface area contributed by atoms with Crippen molar-refractivity contribution in [2.24, 2.45) is 5.73 Å². The Morgan fingerprint density at radius 1 is 1.03 bits per heavy atom. The van der Waals surface area contributed by atoms with E-state index >= 15 is 0 Å². The van der Waals surface area contributed by atoms with Gasteiger partial charge in [-0.05, 0) is 91.9 Å². The summed E-state index contributed by atoms with van der Waals surface area (Å²) in [5.74, 6) is -0.146. The van der Waals surface area contributed by atoms with E-state index in [0.717, 1.165) is 64.7 Å². The number of fused-ring (bicyclic) bond motifs is 1. The number of nitrogens with two attached hydrogens (primary N) is 1. The Hall–Kier alpha value is -2.72. The van der Waals surface area contributed by atoms with Crippen LogP contribution in [0.25, 0.3) is 22.0 Å². The van der Waals surface area contributed by atoms with Crippen LogP contribution < -0.4 is 16.4 Å². The number of aromatic nitrogens is 1. The van der Waals surface area contributed by atoms with Crippen molar-refractivity contribution >= 4 is 26.8 Å². The van der Waals surface area contributed by atoms with E-state index in [9.17, 15) is 13.2 Å². The van der Waals surface area contributed by atoms with Gasteiger partial charge in [0.05, 0.1) is 16.8 Å². The third-order valence-electron chi connectivity index (χ3n) is 6.89. The molecule has 5 N–H and O–H groups in total. The Kier molecular flexibility index (Phi) is 7.61. The van der Waals surface area contributed by atoms with E-state index in [4.69, 9.17) is 5.73 Å². The second-order valence-electron chi connectivity index (χ2n) is 9.23. The van der Waals surface area contributed by atoms with E-state index < -0.39 is 15.9 Å². The maximum absolute atomic E-state index is 12.4. The van der Waals surface area contributed by atoms with Crippen LogP contribution in [0.5, 0.6) is 0 Å². The summed E-state index contributed by atoms with van der Waals surface area (Å²) < 4.78 is 26.2. The highest BCUT2D eigenvalue weighted by atomic mass is 32.2. The van der Waals surface area contributed by atoms with Crippen LogP contribution in [0.1, 0.15) is 52.7 Å². The van der Waals surface area contributed by atoms with Gasteiger partial charge in [-0.2, -0.15) is 0 Å². The van der Waals surface area contributed by atoms with Crippen LogP contribution in [0, 0.1) is 0 Å². The minimum atomic E-state index is -3.18. The molecule has 0 saturated carbocycles. The number of piperidine rings is 1. The van der Waals surface area contributed by atoms with E-state index in [1.54, 1.807) is 11.2 Å². The zero-order valence-corrected chi connectivity index (χ0v) is 21.5. The molecular weight excluding hydrogens is 462 g/mol. The number of aromatic amines is 1.